The zero-order valence-corrected chi connectivity index (χ0v) is 12.5. The molecule has 0 unspecified atom stereocenters. The van der Waals surface area contributed by atoms with Gasteiger partial charge in [0, 0.05) is 23.9 Å². The van der Waals surface area contributed by atoms with Crippen LogP contribution in [0.4, 0.5) is 10.1 Å². The zero-order chi connectivity index (χ0) is 15.9. The summed E-state index contributed by atoms with van der Waals surface area (Å²) in [6.45, 7) is 0.497. The monoisotopic (exact) mass is 308 g/mol. The number of benzene rings is 3. The van der Waals surface area contributed by atoms with Crippen LogP contribution in [0.1, 0.15) is 5.56 Å². The van der Waals surface area contributed by atoms with E-state index in [1.165, 1.54) is 12.1 Å². The smallest absolute Gasteiger partial charge is 0.134 e. The van der Waals surface area contributed by atoms with E-state index in [2.05, 4.69) is 10.9 Å². The number of halogens is 1. The number of anilines is 1. The maximum Gasteiger partial charge on any atom is 0.134 e. The summed E-state index contributed by atoms with van der Waals surface area (Å²) in [6.07, 6.45) is 0. The van der Waals surface area contributed by atoms with Gasteiger partial charge >= 0.3 is 0 Å². The molecule has 0 saturated heterocycles. The van der Waals surface area contributed by atoms with Gasteiger partial charge in [-0.25, -0.2) is 9.82 Å². The van der Waals surface area contributed by atoms with Crippen molar-refractivity contribution < 1.29 is 9.13 Å². The Balaban J connectivity index is 1.69. The van der Waals surface area contributed by atoms with E-state index < -0.39 is 0 Å². The predicted octanol–water partition coefficient (Wildman–Crippen LogP) is 4.73. The van der Waals surface area contributed by atoms with Crippen LogP contribution < -0.4 is 15.6 Å². The molecule has 3 aromatic rings. The van der Waals surface area contributed by atoms with Gasteiger partial charge in [-0.05, 0) is 30.3 Å². The normalized spacial score (nSPS) is 10.3. The van der Waals surface area contributed by atoms with Gasteiger partial charge in [0.25, 0.3) is 0 Å². The molecule has 0 radical (unpaired) electrons. The fourth-order valence-corrected chi connectivity index (χ4v) is 2.15. The van der Waals surface area contributed by atoms with E-state index in [4.69, 9.17) is 4.74 Å². The molecule has 0 aromatic heterocycles. The molecule has 23 heavy (non-hydrogen) atoms. The molecule has 116 valence electrons. The van der Waals surface area contributed by atoms with Crippen LogP contribution in [0.3, 0.4) is 0 Å². The Bertz CT molecular complexity index is 748. The van der Waals surface area contributed by atoms with Gasteiger partial charge in [0.05, 0.1) is 0 Å². The second-order valence-electron chi connectivity index (χ2n) is 5.01. The maximum atomic E-state index is 13.5. The van der Waals surface area contributed by atoms with E-state index in [0.29, 0.717) is 18.0 Å². The van der Waals surface area contributed by atoms with Crippen molar-refractivity contribution in [3.63, 3.8) is 0 Å². The number of hydrogen-bond acceptors (Lipinski definition) is 3. The molecule has 0 spiro atoms. The van der Waals surface area contributed by atoms with Crippen molar-refractivity contribution in [3.8, 4) is 11.5 Å². The molecule has 2 N–H and O–H groups in total. The molecule has 3 nitrogen and oxygen atoms in total. The van der Waals surface area contributed by atoms with Crippen molar-refractivity contribution in [2.24, 2.45) is 0 Å². The quantitative estimate of drug-likeness (QED) is 0.646. The second kappa shape index (κ2) is 7.42. The highest BCUT2D eigenvalue weighted by atomic mass is 19.1. The molecule has 0 aliphatic rings. The molecule has 3 rings (SSSR count). The molecule has 0 fully saturated rings. The highest BCUT2D eigenvalue weighted by Crippen LogP contribution is 2.26. The molecule has 0 heterocycles. The van der Waals surface area contributed by atoms with Gasteiger partial charge in [-0.3, -0.25) is 0 Å². The zero-order valence-electron chi connectivity index (χ0n) is 12.5. The van der Waals surface area contributed by atoms with E-state index >= 15 is 0 Å². The van der Waals surface area contributed by atoms with E-state index in [9.17, 15) is 4.39 Å². The Morgan fingerprint density at radius 1 is 0.826 bits per heavy atom. The van der Waals surface area contributed by atoms with Gasteiger partial charge in [0.1, 0.15) is 17.3 Å². The molecule has 0 aliphatic carbocycles. The van der Waals surface area contributed by atoms with Crippen LogP contribution in [-0.4, -0.2) is 0 Å². The Morgan fingerprint density at radius 3 is 2.26 bits per heavy atom. The average Bonchev–Trinajstić information content (AvgIpc) is 2.59. The van der Waals surface area contributed by atoms with Crippen LogP contribution in [0.25, 0.3) is 0 Å². The van der Waals surface area contributed by atoms with Crippen molar-refractivity contribution in [1.82, 2.24) is 5.43 Å². The third-order valence-electron chi connectivity index (χ3n) is 3.29. The SMILES string of the molecule is Fc1ccc(CNNc2ccccc2)c(Oc2ccccc2)c1. The Kier molecular flexibility index (Phi) is 4.86. The van der Waals surface area contributed by atoms with Gasteiger partial charge in [0.2, 0.25) is 0 Å². The van der Waals surface area contributed by atoms with Gasteiger partial charge in [-0.2, -0.15) is 0 Å². The van der Waals surface area contributed by atoms with E-state index in [-0.39, 0.29) is 5.82 Å². The first kappa shape index (κ1) is 15.1. The largest absolute Gasteiger partial charge is 0.457 e. The molecule has 0 atom stereocenters. The predicted molar refractivity (Wildman–Crippen MR) is 89.8 cm³/mol. The molecule has 0 bridgehead atoms. The third-order valence-corrected chi connectivity index (χ3v) is 3.29. The van der Waals surface area contributed by atoms with Crippen molar-refractivity contribution in [2.45, 2.75) is 6.54 Å². The van der Waals surface area contributed by atoms with Gasteiger partial charge < -0.3 is 10.2 Å². The van der Waals surface area contributed by atoms with Crippen molar-refractivity contribution in [3.05, 3.63) is 90.2 Å². The fourth-order valence-electron chi connectivity index (χ4n) is 2.15. The summed E-state index contributed by atoms with van der Waals surface area (Å²) in [6, 6.07) is 23.6. The summed E-state index contributed by atoms with van der Waals surface area (Å²) in [5.74, 6) is 0.852. The van der Waals surface area contributed by atoms with Crippen LogP contribution in [-0.2, 0) is 6.54 Å². The minimum atomic E-state index is -0.323. The maximum absolute atomic E-state index is 13.5. The minimum Gasteiger partial charge on any atom is -0.457 e. The Hall–Kier alpha value is -2.85. The van der Waals surface area contributed by atoms with Crippen LogP contribution in [0, 0.1) is 5.82 Å². The van der Waals surface area contributed by atoms with Gasteiger partial charge in [-0.15, -0.1) is 0 Å². The molecule has 0 saturated carbocycles. The van der Waals surface area contributed by atoms with E-state index in [0.717, 1.165) is 11.3 Å². The molecule has 4 heteroatoms. The summed E-state index contributed by atoms with van der Waals surface area (Å²) in [5.41, 5.74) is 8.03. The summed E-state index contributed by atoms with van der Waals surface area (Å²) in [7, 11) is 0. The van der Waals surface area contributed by atoms with Crippen LogP contribution in [0.5, 0.6) is 11.5 Å². The number of hydrogen-bond donors (Lipinski definition) is 2. The van der Waals surface area contributed by atoms with E-state index in [1.54, 1.807) is 6.07 Å². The molecule has 0 aliphatic heterocycles. The number of ether oxygens (including phenoxy) is 1. The number of nitrogens with one attached hydrogen (secondary N) is 2. The lowest BCUT2D eigenvalue weighted by atomic mass is 10.2. The highest BCUT2D eigenvalue weighted by Gasteiger charge is 2.07. The standard InChI is InChI=1S/C19H17FN2O/c20-16-12-11-15(14-21-22-17-7-3-1-4-8-17)19(13-16)23-18-9-5-2-6-10-18/h1-13,21-22H,14H2. The number of hydrazine groups is 1. The first-order valence-corrected chi connectivity index (χ1v) is 7.36. The van der Waals surface area contributed by atoms with Gasteiger partial charge in [-0.1, -0.05) is 42.5 Å². The highest BCUT2D eigenvalue weighted by molar-refractivity contribution is 5.42. The van der Waals surface area contributed by atoms with Crippen LogP contribution >= 0.6 is 0 Å². The number of rotatable bonds is 6. The summed E-state index contributed by atoms with van der Waals surface area (Å²) >= 11 is 0. The second-order valence-corrected chi connectivity index (χ2v) is 5.01. The molecular formula is C19H17FN2O. The lowest BCUT2D eigenvalue weighted by molar-refractivity contribution is 0.468. The molecule has 0 amide bonds. The topological polar surface area (TPSA) is 33.3 Å². The van der Waals surface area contributed by atoms with Crippen molar-refractivity contribution in [2.75, 3.05) is 5.43 Å². The fraction of sp³-hybridized carbons (Fsp3) is 0.0526. The minimum absolute atomic E-state index is 0.323. The first-order chi connectivity index (χ1) is 11.3. The lowest BCUT2D eigenvalue weighted by Gasteiger charge is -2.13. The lowest BCUT2D eigenvalue weighted by Crippen LogP contribution is -2.21. The third kappa shape index (κ3) is 4.31. The number of para-hydroxylation sites is 2. The Labute approximate surface area is 134 Å². The molecular weight excluding hydrogens is 291 g/mol. The van der Waals surface area contributed by atoms with E-state index in [1.807, 2.05) is 60.7 Å². The summed E-state index contributed by atoms with van der Waals surface area (Å²) in [4.78, 5) is 0. The molecule has 3 aromatic carbocycles. The first-order valence-electron chi connectivity index (χ1n) is 7.36. The van der Waals surface area contributed by atoms with Crippen molar-refractivity contribution >= 4 is 5.69 Å². The average molecular weight is 308 g/mol. The van der Waals surface area contributed by atoms with Gasteiger partial charge in [0.15, 0.2) is 0 Å². The summed E-state index contributed by atoms with van der Waals surface area (Å²) in [5, 5.41) is 0. The van der Waals surface area contributed by atoms with Crippen LogP contribution in [0.2, 0.25) is 0 Å². The van der Waals surface area contributed by atoms with Crippen LogP contribution in [0.15, 0.2) is 78.9 Å². The Morgan fingerprint density at radius 2 is 1.52 bits per heavy atom. The van der Waals surface area contributed by atoms with Crippen molar-refractivity contribution in [1.29, 1.82) is 0 Å². The summed E-state index contributed by atoms with van der Waals surface area (Å²) < 4.78 is 19.3.